The van der Waals surface area contributed by atoms with Crippen molar-refractivity contribution in [3.8, 4) is 39.9 Å². The predicted octanol–water partition coefficient (Wildman–Crippen LogP) is 9.34. The quantitative estimate of drug-likeness (QED) is 0.158. The number of fused-ring (bicyclic) bond motifs is 3. The second kappa shape index (κ2) is 12.3. The molecule has 0 atom stereocenters. The fourth-order valence-electron chi connectivity index (χ4n) is 5.98. The first-order chi connectivity index (χ1) is 21.7. The van der Waals surface area contributed by atoms with Crippen LogP contribution in [-0.2, 0) is 26.5 Å². The minimum absolute atomic E-state index is 0. The smallest absolute Gasteiger partial charge is 0.509 e. The van der Waals surface area contributed by atoms with E-state index in [1.807, 2.05) is 66.2 Å². The molecule has 0 aliphatic rings. The summed E-state index contributed by atoms with van der Waals surface area (Å²) in [5.74, 6) is 2.64. The summed E-state index contributed by atoms with van der Waals surface area (Å²) in [5, 5.41) is 7.06. The van der Waals surface area contributed by atoms with Gasteiger partial charge >= 0.3 is 21.1 Å². The van der Waals surface area contributed by atoms with Crippen LogP contribution in [-0.4, -0.2) is 26.4 Å². The molecule has 0 spiro atoms. The van der Waals surface area contributed by atoms with Gasteiger partial charge < -0.3 is 14.0 Å². The van der Waals surface area contributed by atoms with Crippen LogP contribution in [0.2, 0.25) is 0 Å². The van der Waals surface area contributed by atoms with Crippen LogP contribution in [0.1, 0.15) is 37.7 Å². The third-order valence-electron chi connectivity index (χ3n) is 8.25. The van der Waals surface area contributed by atoms with E-state index in [0.29, 0.717) is 11.5 Å². The molecule has 0 fully saturated rings. The maximum Gasteiger partial charge on any atom is 2.00 e. The molecule has 7 aromatic rings. The zero-order valence-corrected chi connectivity index (χ0v) is 28.9. The molecule has 0 saturated carbocycles. The van der Waals surface area contributed by atoms with Gasteiger partial charge in [0.1, 0.15) is 11.6 Å². The van der Waals surface area contributed by atoms with E-state index in [1.165, 1.54) is 5.56 Å². The molecule has 6 nitrogen and oxygen atoms in total. The molecule has 7 rings (SSSR count). The number of nitrogens with zero attached hydrogens (tertiary/aromatic N) is 4. The number of ether oxygens (including phenoxy) is 2. The molecule has 46 heavy (non-hydrogen) atoms. The molecule has 7 heteroatoms. The van der Waals surface area contributed by atoms with Crippen LogP contribution in [0, 0.1) is 26.0 Å². The fourth-order valence-corrected chi connectivity index (χ4v) is 5.98. The number of hydrogen-bond acceptors (Lipinski definition) is 4. The first-order valence-electron chi connectivity index (χ1n) is 15.0. The van der Waals surface area contributed by atoms with E-state index in [0.717, 1.165) is 61.6 Å². The summed E-state index contributed by atoms with van der Waals surface area (Å²) in [6.07, 6.45) is 1.76. The van der Waals surface area contributed by atoms with Crippen molar-refractivity contribution in [2.45, 2.75) is 40.0 Å². The van der Waals surface area contributed by atoms with Crippen molar-refractivity contribution in [2.75, 3.05) is 7.11 Å². The van der Waals surface area contributed by atoms with E-state index in [2.05, 4.69) is 80.8 Å². The Morgan fingerprint density at radius 1 is 0.783 bits per heavy atom. The number of methoxy groups -OCH3 is 1. The first kappa shape index (κ1) is 31.3. The Hall–Kier alpha value is -4.67. The number of benzene rings is 4. The summed E-state index contributed by atoms with van der Waals surface area (Å²) in [5.41, 5.74) is 8.27. The maximum atomic E-state index is 6.41. The molecule has 232 valence electrons. The average molecular weight is 786 g/mol. The molecule has 0 aliphatic heterocycles. The number of hydrogen-bond donors (Lipinski definition) is 0. The van der Waals surface area contributed by atoms with Crippen LogP contribution in [0.3, 0.4) is 0 Å². The van der Waals surface area contributed by atoms with Gasteiger partial charge in [-0.15, -0.1) is 35.7 Å². The molecule has 3 aromatic heterocycles. The summed E-state index contributed by atoms with van der Waals surface area (Å²) in [4.78, 5) is 4.71. The molecule has 0 N–H and O–H groups in total. The molecule has 0 radical (unpaired) electrons. The van der Waals surface area contributed by atoms with Gasteiger partial charge in [0.25, 0.3) is 0 Å². The van der Waals surface area contributed by atoms with Crippen molar-refractivity contribution in [1.82, 2.24) is 19.3 Å². The summed E-state index contributed by atoms with van der Waals surface area (Å²) >= 11 is 0. The van der Waals surface area contributed by atoms with Gasteiger partial charge in [-0.3, -0.25) is 4.68 Å². The summed E-state index contributed by atoms with van der Waals surface area (Å²) in [6, 6.07) is 37.7. The van der Waals surface area contributed by atoms with Gasteiger partial charge in [0.05, 0.1) is 12.8 Å². The van der Waals surface area contributed by atoms with Gasteiger partial charge in [-0.05, 0) is 53.6 Å². The maximum absolute atomic E-state index is 6.41. The van der Waals surface area contributed by atoms with Gasteiger partial charge in [-0.2, -0.15) is 17.2 Å². The zero-order chi connectivity index (χ0) is 31.3. The van der Waals surface area contributed by atoms with Crippen molar-refractivity contribution in [3.63, 3.8) is 0 Å². The minimum atomic E-state index is 0. The number of aromatic nitrogens is 4. The van der Waals surface area contributed by atoms with Crippen molar-refractivity contribution < 1.29 is 30.5 Å². The van der Waals surface area contributed by atoms with E-state index < -0.39 is 0 Å². The van der Waals surface area contributed by atoms with Crippen molar-refractivity contribution >= 4 is 21.8 Å². The summed E-state index contributed by atoms with van der Waals surface area (Å²) in [6.45, 7) is 10.8. The first-order valence-corrected chi connectivity index (χ1v) is 15.0. The Labute approximate surface area is 283 Å². The molecule has 0 unspecified atom stereocenters. The Balaban J connectivity index is 0.00000372. The molecule has 0 aliphatic carbocycles. The Bertz CT molecular complexity index is 2190. The Morgan fingerprint density at radius 3 is 2.33 bits per heavy atom. The standard InChI is InChI=1S/C39H34N4O2.Pt/c1-25-38(27-11-8-7-9-12-27)26(2)43(41-25)29-13-10-14-31(22-29)45-32-16-17-33-34-21-28(39(3,4)5)15-18-35(34)42(36(33)23-32)37-24-30(44-6)19-20-40-37;/h7-21,24H,1-6H3;/q-2;+2. The summed E-state index contributed by atoms with van der Waals surface area (Å²) < 4.78 is 16.0. The minimum Gasteiger partial charge on any atom is -0.509 e. The number of aryl methyl sites for hydroxylation is 1. The van der Waals surface area contributed by atoms with Gasteiger partial charge in [-0.25, -0.2) is 4.98 Å². The van der Waals surface area contributed by atoms with E-state index in [-0.39, 0.29) is 26.5 Å². The Morgan fingerprint density at radius 2 is 1.57 bits per heavy atom. The predicted molar refractivity (Wildman–Crippen MR) is 180 cm³/mol. The van der Waals surface area contributed by atoms with E-state index in [1.54, 1.807) is 13.3 Å². The van der Waals surface area contributed by atoms with Crippen molar-refractivity contribution in [3.05, 3.63) is 126 Å². The second-order valence-electron chi connectivity index (χ2n) is 12.3. The third kappa shape index (κ3) is 5.63. The van der Waals surface area contributed by atoms with Crippen LogP contribution in [0.5, 0.6) is 17.2 Å². The number of rotatable bonds is 6. The van der Waals surface area contributed by atoms with Crippen LogP contribution in [0.15, 0.2) is 97.2 Å². The van der Waals surface area contributed by atoms with Gasteiger partial charge in [0.15, 0.2) is 0 Å². The SMILES string of the molecule is COc1ccnc(-n2c3[c-]c(Oc4[c-]c(-n5nc(C)c(-c6ccccc6)c5C)ccc4)ccc3c3cc(C(C)(C)C)ccc32)c1.[Pt+2]. The van der Waals surface area contributed by atoms with Crippen LogP contribution in [0.4, 0.5) is 0 Å². The van der Waals surface area contributed by atoms with Crippen LogP contribution < -0.4 is 9.47 Å². The van der Waals surface area contributed by atoms with Crippen LogP contribution in [0.25, 0.3) is 44.4 Å². The molecule has 0 amide bonds. The molecular formula is C39H34N4O2Pt. The third-order valence-corrected chi connectivity index (χ3v) is 8.25. The molecule has 0 saturated heterocycles. The van der Waals surface area contributed by atoms with Crippen molar-refractivity contribution in [2.24, 2.45) is 0 Å². The molecule has 3 heterocycles. The normalized spacial score (nSPS) is 11.5. The van der Waals surface area contributed by atoms with Gasteiger partial charge in [0, 0.05) is 40.5 Å². The van der Waals surface area contributed by atoms with E-state index in [9.17, 15) is 0 Å². The van der Waals surface area contributed by atoms with E-state index in [4.69, 9.17) is 19.6 Å². The second-order valence-corrected chi connectivity index (χ2v) is 12.3. The molecule has 4 aromatic carbocycles. The van der Waals surface area contributed by atoms with Crippen molar-refractivity contribution in [1.29, 1.82) is 0 Å². The Kier molecular flexibility index (Phi) is 8.35. The topological polar surface area (TPSA) is 54.1 Å². The zero-order valence-electron chi connectivity index (χ0n) is 26.7. The van der Waals surface area contributed by atoms with Gasteiger partial charge in [-0.1, -0.05) is 68.8 Å². The van der Waals surface area contributed by atoms with Gasteiger partial charge in [0.2, 0.25) is 0 Å². The number of pyridine rings is 1. The largest absolute Gasteiger partial charge is 2.00 e. The fraction of sp³-hybridized carbons (Fsp3) is 0.179. The summed E-state index contributed by atoms with van der Waals surface area (Å²) in [7, 11) is 1.66. The molecular weight excluding hydrogens is 752 g/mol. The molecule has 0 bridgehead atoms. The van der Waals surface area contributed by atoms with Crippen LogP contribution >= 0.6 is 0 Å². The van der Waals surface area contributed by atoms with E-state index >= 15 is 0 Å². The monoisotopic (exact) mass is 785 g/mol. The average Bonchev–Trinajstić information content (AvgIpc) is 3.53.